The van der Waals surface area contributed by atoms with Crippen molar-refractivity contribution in [3.63, 3.8) is 0 Å². The Bertz CT molecular complexity index is 381. The highest BCUT2D eigenvalue weighted by Gasteiger charge is 2.21. The average Bonchev–Trinajstić information content (AvgIpc) is 3.20. The maximum absolute atomic E-state index is 5.19. The maximum atomic E-state index is 5.19. The summed E-state index contributed by atoms with van der Waals surface area (Å²) in [7, 11) is 3.77. The molecule has 18 heavy (non-hydrogen) atoms. The SMILES string of the molecule is COCC(C)N(C)c1ncncc1CNC1CC1. The van der Waals surface area contributed by atoms with Gasteiger partial charge in [-0.2, -0.15) is 0 Å². The first-order valence-corrected chi connectivity index (χ1v) is 6.46. The highest BCUT2D eigenvalue weighted by molar-refractivity contribution is 5.45. The van der Waals surface area contributed by atoms with E-state index < -0.39 is 0 Å². The molecule has 0 aliphatic heterocycles. The number of nitrogens with one attached hydrogen (secondary N) is 1. The van der Waals surface area contributed by atoms with Gasteiger partial charge in [0.1, 0.15) is 12.1 Å². The van der Waals surface area contributed by atoms with Gasteiger partial charge in [-0.25, -0.2) is 9.97 Å². The molecule has 0 aromatic carbocycles. The molecule has 1 aliphatic rings. The van der Waals surface area contributed by atoms with Crippen LogP contribution in [0.15, 0.2) is 12.5 Å². The Morgan fingerprint density at radius 1 is 1.56 bits per heavy atom. The standard InChI is InChI=1S/C13H22N4O/c1-10(8-18-3)17(2)13-11(6-14-9-16-13)7-15-12-4-5-12/h6,9-10,12,15H,4-5,7-8H2,1-3H3. The van der Waals surface area contributed by atoms with Crippen LogP contribution in [0.3, 0.4) is 0 Å². The molecular weight excluding hydrogens is 228 g/mol. The maximum Gasteiger partial charge on any atom is 0.136 e. The molecule has 1 heterocycles. The van der Waals surface area contributed by atoms with Crippen molar-refractivity contribution >= 4 is 5.82 Å². The Morgan fingerprint density at radius 3 is 3.00 bits per heavy atom. The normalized spacial score (nSPS) is 16.6. The summed E-state index contributed by atoms with van der Waals surface area (Å²) in [6.07, 6.45) is 6.08. The Morgan fingerprint density at radius 2 is 2.33 bits per heavy atom. The molecular formula is C13H22N4O. The van der Waals surface area contributed by atoms with E-state index in [9.17, 15) is 0 Å². The minimum absolute atomic E-state index is 0.296. The molecule has 5 nitrogen and oxygen atoms in total. The van der Waals surface area contributed by atoms with Crippen LogP contribution in [0.2, 0.25) is 0 Å². The van der Waals surface area contributed by atoms with Crippen LogP contribution >= 0.6 is 0 Å². The predicted octanol–water partition coefficient (Wildman–Crippen LogP) is 1.20. The third-order valence-electron chi connectivity index (χ3n) is 3.33. The number of rotatable bonds is 7. The van der Waals surface area contributed by atoms with Crippen LogP contribution < -0.4 is 10.2 Å². The van der Waals surface area contributed by atoms with Crippen molar-refractivity contribution in [3.8, 4) is 0 Å². The quantitative estimate of drug-likeness (QED) is 0.788. The molecule has 1 aliphatic carbocycles. The summed E-state index contributed by atoms with van der Waals surface area (Å²) < 4.78 is 5.19. The topological polar surface area (TPSA) is 50.3 Å². The van der Waals surface area contributed by atoms with Crippen molar-refractivity contribution in [2.45, 2.75) is 38.4 Å². The van der Waals surface area contributed by atoms with Crippen molar-refractivity contribution in [3.05, 3.63) is 18.1 Å². The number of methoxy groups -OCH3 is 1. The van der Waals surface area contributed by atoms with E-state index in [0.29, 0.717) is 18.7 Å². The third-order valence-corrected chi connectivity index (χ3v) is 3.33. The zero-order valence-electron chi connectivity index (χ0n) is 11.4. The summed E-state index contributed by atoms with van der Waals surface area (Å²) >= 11 is 0. The molecule has 0 amide bonds. The zero-order valence-corrected chi connectivity index (χ0v) is 11.4. The van der Waals surface area contributed by atoms with Crippen molar-refractivity contribution < 1.29 is 4.74 Å². The third kappa shape index (κ3) is 3.40. The van der Waals surface area contributed by atoms with Crippen LogP contribution in [0, 0.1) is 0 Å². The second-order valence-electron chi connectivity index (χ2n) is 4.94. The van der Waals surface area contributed by atoms with Crippen LogP contribution in [0.25, 0.3) is 0 Å². The lowest BCUT2D eigenvalue weighted by Gasteiger charge is -2.27. The molecule has 1 saturated carbocycles. The monoisotopic (exact) mass is 250 g/mol. The fraction of sp³-hybridized carbons (Fsp3) is 0.692. The molecule has 1 fully saturated rings. The van der Waals surface area contributed by atoms with Gasteiger partial charge in [0, 0.05) is 38.5 Å². The highest BCUT2D eigenvalue weighted by Crippen LogP contribution is 2.22. The zero-order chi connectivity index (χ0) is 13.0. The highest BCUT2D eigenvalue weighted by atomic mass is 16.5. The van der Waals surface area contributed by atoms with E-state index in [1.807, 2.05) is 13.2 Å². The fourth-order valence-electron chi connectivity index (χ4n) is 1.90. The summed E-state index contributed by atoms with van der Waals surface area (Å²) in [5.74, 6) is 0.989. The molecule has 1 aromatic heterocycles. The second kappa shape index (κ2) is 6.11. The Balaban J connectivity index is 2.04. The van der Waals surface area contributed by atoms with Crippen LogP contribution in [-0.2, 0) is 11.3 Å². The van der Waals surface area contributed by atoms with Crippen LogP contribution in [-0.4, -0.2) is 42.8 Å². The number of hydrogen-bond acceptors (Lipinski definition) is 5. The number of likely N-dealkylation sites (N-methyl/N-ethyl adjacent to an activating group) is 1. The molecule has 5 heteroatoms. The first-order valence-electron chi connectivity index (χ1n) is 6.46. The largest absolute Gasteiger partial charge is 0.383 e. The van der Waals surface area contributed by atoms with Gasteiger partial charge >= 0.3 is 0 Å². The summed E-state index contributed by atoms with van der Waals surface area (Å²) in [4.78, 5) is 10.7. The second-order valence-corrected chi connectivity index (χ2v) is 4.94. The molecule has 0 radical (unpaired) electrons. The van der Waals surface area contributed by atoms with E-state index >= 15 is 0 Å². The van der Waals surface area contributed by atoms with Gasteiger partial charge < -0.3 is 15.0 Å². The van der Waals surface area contributed by atoms with Crippen molar-refractivity contribution in [1.82, 2.24) is 15.3 Å². The molecule has 100 valence electrons. The van der Waals surface area contributed by atoms with Gasteiger partial charge in [-0.15, -0.1) is 0 Å². The van der Waals surface area contributed by atoms with Crippen LogP contribution in [0.4, 0.5) is 5.82 Å². The fourth-order valence-corrected chi connectivity index (χ4v) is 1.90. The van der Waals surface area contributed by atoms with E-state index in [2.05, 4.69) is 27.1 Å². The lowest BCUT2D eigenvalue weighted by Crippen LogP contribution is -2.34. The molecule has 0 spiro atoms. The number of hydrogen-bond donors (Lipinski definition) is 1. The minimum Gasteiger partial charge on any atom is -0.383 e. The van der Waals surface area contributed by atoms with E-state index in [4.69, 9.17) is 4.74 Å². The number of nitrogens with zero attached hydrogens (tertiary/aromatic N) is 3. The van der Waals surface area contributed by atoms with Crippen molar-refractivity contribution in [2.75, 3.05) is 25.7 Å². The lowest BCUT2D eigenvalue weighted by atomic mass is 10.2. The smallest absolute Gasteiger partial charge is 0.136 e. The van der Waals surface area contributed by atoms with Crippen LogP contribution in [0.1, 0.15) is 25.3 Å². The molecule has 0 saturated heterocycles. The lowest BCUT2D eigenvalue weighted by molar-refractivity contribution is 0.183. The van der Waals surface area contributed by atoms with Gasteiger partial charge in [0.2, 0.25) is 0 Å². The predicted molar refractivity (Wildman–Crippen MR) is 71.6 cm³/mol. The van der Waals surface area contributed by atoms with Gasteiger partial charge in [-0.1, -0.05) is 0 Å². The number of anilines is 1. The van der Waals surface area contributed by atoms with Gasteiger partial charge in [0.25, 0.3) is 0 Å². The van der Waals surface area contributed by atoms with Gasteiger partial charge in [-0.05, 0) is 19.8 Å². The molecule has 0 bridgehead atoms. The van der Waals surface area contributed by atoms with E-state index in [0.717, 1.165) is 17.9 Å². The molecule has 1 N–H and O–H groups in total. The van der Waals surface area contributed by atoms with E-state index in [-0.39, 0.29) is 0 Å². The van der Waals surface area contributed by atoms with Crippen molar-refractivity contribution in [1.29, 1.82) is 0 Å². The summed E-state index contributed by atoms with van der Waals surface area (Å²) in [6, 6.07) is 0.990. The van der Waals surface area contributed by atoms with Gasteiger partial charge in [0.15, 0.2) is 0 Å². The van der Waals surface area contributed by atoms with Crippen LogP contribution in [0.5, 0.6) is 0 Å². The van der Waals surface area contributed by atoms with Gasteiger partial charge in [0.05, 0.1) is 12.6 Å². The first kappa shape index (κ1) is 13.2. The molecule has 1 unspecified atom stereocenters. The van der Waals surface area contributed by atoms with Gasteiger partial charge in [-0.3, -0.25) is 0 Å². The summed E-state index contributed by atoms with van der Waals surface area (Å²) in [6.45, 7) is 3.66. The minimum atomic E-state index is 0.296. The Hall–Kier alpha value is -1.20. The Kier molecular flexibility index (Phi) is 4.49. The van der Waals surface area contributed by atoms with Crippen molar-refractivity contribution in [2.24, 2.45) is 0 Å². The van der Waals surface area contributed by atoms with E-state index in [1.54, 1.807) is 13.4 Å². The molecule has 1 aromatic rings. The molecule has 1 atom stereocenters. The summed E-state index contributed by atoms with van der Waals surface area (Å²) in [5.41, 5.74) is 1.15. The average molecular weight is 250 g/mol. The Labute approximate surface area is 109 Å². The number of ether oxygens (including phenoxy) is 1. The first-order chi connectivity index (χ1) is 8.72. The van der Waals surface area contributed by atoms with E-state index in [1.165, 1.54) is 12.8 Å². The summed E-state index contributed by atoms with van der Waals surface area (Å²) in [5, 5.41) is 3.50. The molecule has 2 rings (SSSR count). The number of aromatic nitrogens is 2.